The second-order valence-electron chi connectivity index (χ2n) is 10.7. The van der Waals surface area contributed by atoms with Gasteiger partial charge >= 0.3 is 6.18 Å². The van der Waals surface area contributed by atoms with Gasteiger partial charge in [-0.15, -0.1) is 0 Å². The maximum Gasteiger partial charge on any atom is 0.417 e. The first-order valence-electron chi connectivity index (χ1n) is 13.0. The van der Waals surface area contributed by atoms with E-state index in [9.17, 15) is 31.5 Å². The van der Waals surface area contributed by atoms with Crippen LogP contribution in [0.15, 0.2) is 71.7 Å². The zero-order chi connectivity index (χ0) is 31.2. The summed E-state index contributed by atoms with van der Waals surface area (Å²) in [6, 6.07) is 14.7. The van der Waals surface area contributed by atoms with E-state index in [1.165, 1.54) is 24.3 Å². The summed E-state index contributed by atoms with van der Waals surface area (Å²) in [4.78, 5) is 25.4. The van der Waals surface area contributed by atoms with Crippen LogP contribution in [0.2, 0.25) is 0 Å². The smallest absolute Gasteiger partial charge is 0.356 e. The molecule has 0 aliphatic heterocycles. The van der Waals surface area contributed by atoms with E-state index in [0.29, 0.717) is 28.1 Å². The van der Waals surface area contributed by atoms with Crippen molar-refractivity contribution in [1.82, 2.24) is 5.32 Å². The van der Waals surface area contributed by atoms with Crippen LogP contribution in [0.25, 0.3) is 5.70 Å². The number of nitrogens with one attached hydrogen (secondary N) is 3. The molecule has 0 saturated heterocycles. The van der Waals surface area contributed by atoms with Gasteiger partial charge in [0.2, 0.25) is 12.3 Å². The van der Waals surface area contributed by atoms with Gasteiger partial charge in [-0.05, 0) is 66.1 Å². The third kappa shape index (κ3) is 9.14. The quantitative estimate of drug-likeness (QED) is 0.192. The number of hydrogen-bond donors (Lipinski definition) is 3. The Morgan fingerprint density at radius 1 is 0.881 bits per heavy atom. The Morgan fingerprint density at radius 3 is 2.12 bits per heavy atom. The molecule has 0 heterocycles. The van der Waals surface area contributed by atoms with Crippen molar-refractivity contribution < 1.29 is 31.5 Å². The number of halogens is 6. The highest BCUT2D eigenvalue weighted by Gasteiger charge is 2.35. The third-order valence-electron chi connectivity index (χ3n) is 6.23. The van der Waals surface area contributed by atoms with Gasteiger partial charge in [-0.25, -0.2) is 8.78 Å². The summed E-state index contributed by atoms with van der Waals surface area (Å²) in [7, 11) is 0. The average molecular weight is 653 g/mol. The summed E-state index contributed by atoms with van der Waals surface area (Å²) in [6.45, 7) is 9.04. The summed E-state index contributed by atoms with van der Waals surface area (Å²) in [5, 5.41) is 8.25. The van der Waals surface area contributed by atoms with Crippen LogP contribution in [-0.4, -0.2) is 18.2 Å². The number of amides is 2. The molecule has 0 spiro atoms. The van der Waals surface area contributed by atoms with E-state index in [0.717, 1.165) is 16.6 Å². The van der Waals surface area contributed by atoms with Gasteiger partial charge in [-0.2, -0.15) is 13.2 Å². The highest BCUT2D eigenvalue weighted by Crippen LogP contribution is 2.33. The Morgan fingerprint density at radius 2 is 1.52 bits per heavy atom. The normalized spacial score (nSPS) is 11.8. The molecular formula is C31H31BrF5N3O2. The van der Waals surface area contributed by atoms with E-state index in [2.05, 4.69) is 38.5 Å². The Balaban J connectivity index is 1.92. The van der Waals surface area contributed by atoms with Gasteiger partial charge in [0.25, 0.3) is 5.91 Å². The second-order valence-corrected chi connectivity index (χ2v) is 11.6. The number of rotatable bonds is 10. The average Bonchev–Trinajstić information content (AvgIpc) is 2.90. The van der Waals surface area contributed by atoms with Crippen molar-refractivity contribution in [2.75, 3.05) is 10.6 Å². The van der Waals surface area contributed by atoms with Crippen LogP contribution in [0.3, 0.4) is 0 Å². The van der Waals surface area contributed by atoms with Crippen LogP contribution in [-0.2, 0) is 23.9 Å². The highest BCUT2D eigenvalue weighted by atomic mass is 79.9. The van der Waals surface area contributed by atoms with Crippen LogP contribution >= 0.6 is 15.9 Å². The molecule has 0 aromatic heterocycles. The predicted molar refractivity (Wildman–Crippen MR) is 158 cm³/mol. The van der Waals surface area contributed by atoms with Crippen molar-refractivity contribution in [2.45, 2.75) is 52.8 Å². The van der Waals surface area contributed by atoms with Crippen molar-refractivity contribution >= 4 is 44.8 Å². The molecule has 3 aromatic rings. The van der Waals surface area contributed by atoms with Crippen molar-refractivity contribution in [3.8, 4) is 0 Å². The lowest BCUT2D eigenvalue weighted by molar-refractivity contribution is -0.138. The van der Waals surface area contributed by atoms with E-state index in [-0.39, 0.29) is 24.6 Å². The first-order valence-corrected chi connectivity index (χ1v) is 13.8. The fraction of sp³-hybridized carbons (Fsp3) is 0.290. The summed E-state index contributed by atoms with van der Waals surface area (Å²) in [5.74, 6) is -1.33. The lowest BCUT2D eigenvalue weighted by Crippen LogP contribution is -2.34. The van der Waals surface area contributed by atoms with Crippen molar-refractivity contribution in [1.29, 1.82) is 0 Å². The Labute approximate surface area is 249 Å². The minimum atomic E-state index is -4.81. The molecule has 0 fully saturated rings. The fourth-order valence-corrected chi connectivity index (χ4v) is 4.24. The zero-order valence-corrected chi connectivity index (χ0v) is 24.8. The molecule has 0 saturated carbocycles. The summed E-state index contributed by atoms with van der Waals surface area (Å²) in [6.07, 6.45) is -7.74. The molecule has 3 aromatic carbocycles. The molecule has 0 atom stereocenters. The van der Waals surface area contributed by atoms with Crippen molar-refractivity contribution in [2.24, 2.45) is 5.41 Å². The van der Waals surface area contributed by atoms with Crippen LogP contribution in [0, 0.1) is 5.41 Å². The molecule has 2 amide bonds. The first kappa shape index (κ1) is 32.8. The number of anilines is 2. The van der Waals surface area contributed by atoms with E-state index in [1.54, 1.807) is 45.0 Å². The molecule has 0 radical (unpaired) electrons. The fourth-order valence-electron chi connectivity index (χ4n) is 3.97. The minimum Gasteiger partial charge on any atom is -0.356 e. The standard InChI is InChI=1S/C31H31BrF5N3O2/c1-18(39-22-11-8-21(32)9-12-22)24-16-23(10-6-20(24)7-14-27(33)34)40-28(41)25-15-19(5-13-26(25)31(35,36)37)17-38-29(42)30(2,3)4/h5-6,8-13,15-16,27,39H,1,7,14,17H2,2-4H3,(H,38,42)(H,40,41). The second kappa shape index (κ2) is 13.5. The molecule has 11 heteroatoms. The summed E-state index contributed by atoms with van der Waals surface area (Å²) >= 11 is 3.35. The Kier molecular flexibility index (Phi) is 10.5. The van der Waals surface area contributed by atoms with Crippen LogP contribution in [0.1, 0.15) is 59.8 Å². The molecule has 0 aliphatic carbocycles. The summed E-state index contributed by atoms with van der Waals surface area (Å²) in [5.41, 5.74) is -0.0489. The molecule has 3 rings (SSSR count). The third-order valence-corrected chi connectivity index (χ3v) is 6.76. The largest absolute Gasteiger partial charge is 0.417 e. The van der Waals surface area contributed by atoms with E-state index >= 15 is 0 Å². The van der Waals surface area contributed by atoms with Gasteiger partial charge in [0, 0.05) is 45.5 Å². The van der Waals surface area contributed by atoms with Crippen molar-refractivity contribution in [3.05, 3.63) is 99.5 Å². The number of carbonyl (C=O) groups is 2. The lowest BCUT2D eigenvalue weighted by atomic mass is 9.95. The SMILES string of the molecule is C=C(Nc1ccc(Br)cc1)c1cc(NC(=O)c2cc(CNC(=O)C(C)(C)C)ccc2C(F)(F)F)ccc1CCC(F)F. The van der Waals surface area contributed by atoms with E-state index < -0.39 is 41.5 Å². The molecule has 0 aliphatic rings. The van der Waals surface area contributed by atoms with Crippen LogP contribution in [0.5, 0.6) is 0 Å². The van der Waals surface area contributed by atoms with Crippen LogP contribution in [0.4, 0.5) is 33.3 Å². The van der Waals surface area contributed by atoms with Gasteiger partial charge in [0.1, 0.15) is 0 Å². The van der Waals surface area contributed by atoms with Crippen LogP contribution < -0.4 is 16.0 Å². The first-order chi connectivity index (χ1) is 19.5. The Bertz CT molecular complexity index is 1450. The Hall–Kier alpha value is -3.73. The summed E-state index contributed by atoms with van der Waals surface area (Å²) < 4.78 is 68.3. The molecule has 5 nitrogen and oxygen atoms in total. The highest BCUT2D eigenvalue weighted by molar-refractivity contribution is 9.10. The lowest BCUT2D eigenvalue weighted by Gasteiger charge is -2.19. The van der Waals surface area contributed by atoms with Gasteiger partial charge < -0.3 is 16.0 Å². The minimum absolute atomic E-state index is 0.0167. The number of alkyl halides is 5. The number of aryl methyl sites for hydroxylation is 1. The van der Waals surface area contributed by atoms with Crippen molar-refractivity contribution in [3.63, 3.8) is 0 Å². The zero-order valence-electron chi connectivity index (χ0n) is 23.3. The molecule has 0 bridgehead atoms. The van der Waals surface area contributed by atoms with E-state index in [4.69, 9.17) is 0 Å². The number of benzene rings is 3. The van der Waals surface area contributed by atoms with Gasteiger partial charge in [0.05, 0.1) is 11.1 Å². The monoisotopic (exact) mass is 651 g/mol. The van der Waals surface area contributed by atoms with Gasteiger partial charge in [0.15, 0.2) is 0 Å². The molecular weight excluding hydrogens is 621 g/mol. The van der Waals surface area contributed by atoms with Gasteiger partial charge in [-0.1, -0.05) is 55.4 Å². The molecule has 224 valence electrons. The number of hydrogen-bond acceptors (Lipinski definition) is 3. The van der Waals surface area contributed by atoms with Gasteiger partial charge in [-0.3, -0.25) is 9.59 Å². The topological polar surface area (TPSA) is 70.2 Å². The molecule has 3 N–H and O–H groups in total. The molecule has 42 heavy (non-hydrogen) atoms. The maximum atomic E-state index is 13.8. The predicted octanol–water partition coefficient (Wildman–Crippen LogP) is 8.66. The molecule has 0 unspecified atom stereocenters. The maximum absolute atomic E-state index is 13.8. The van der Waals surface area contributed by atoms with E-state index in [1.807, 2.05) is 0 Å². The number of carbonyl (C=O) groups excluding carboxylic acids is 2.